The van der Waals surface area contributed by atoms with Gasteiger partial charge in [-0.2, -0.15) is 0 Å². The topological polar surface area (TPSA) is 56.3 Å². The standard InChI is InChI=1S/C12H17N3O2S/c1-3-16-5-6-17-8-10-14-11(13-2)9-4-7-18-12(9)15-10/h4,7H,3,5-6,8H2,1-2H3,(H,13,14,15). The molecule has 0 bridgehead atoms. The third kappa shape index (κ3) is 3.16. The molecule has 0 spiro atoms. The summed E-state index contributed by atoms with van der Waals surface area (Å²) in [6, 6.07) is 2.02. The van der Waals surface area contributed by atoms with E-state index in [1.54, 1.807) is 11.3 Å². The number of aromatic nitrogens is 2. The zero-order chi connectivity index (χ0) is 12.8. The number of hydrogen-bond acceptors (Lipinski definition) is 6. The maximum absolute atomic E-state index is 5.47. The molecule has 0 radical (unpaired) electrons. The third-order valence-corrected chi connectivity index (χ3v) is 3.22. The monoisotopic (exact) mass is 267 g/mol. The Hall–Kier alpha value is -1.24. The van der Waals surface area contributed by atoms with Crippen molar-refractivity contribution < 1.29 is 9.47 Å². The second-order valence-corrected chi connectivity index (χ2v) is 4.52. The van der Waals surface area contributed by atoms with E-state index in [9.17, 15) is 0 Å². The highest BCUT2D eigenvalue weighted by molar-refractivity contribution is 7.16. The van der Waals surface area contributed by atoms with Crippen molar-refractivity contribution in [3.63, 3.8) is 0 Å². The average Bonchev–Trinajstić information content (AvgIpc) is 2.85. The molecule has 0 fully saturated rings. The van der Waals surface area contributed by atoms with E-state index in [4.69, 9.17) is 9.47 Å². The molecule has 0 aromatic carbocycles. The Balaban J connectivity index is 2.00. The molecule has 1 N–H and O–H groups in total. The van der Waals surface area contributed by atoms with Gasteiger partial charge in [0.1, 0.15) is 17.3 Å². The zero-order valence-corrected chi connectivity index (χ0v) is 11.4. The van der Waals surface area contributed by atoms with Crippen molar-refractivity contribution in [2.45, 2.75) is 13.5 Å². The lowest BCUT2D eigenvalue weighted by atomic mass is 10.4. The molecular weight excluding hydrogens is 250 g/mol. The highest BCUT2D eigenvalue weighted by Gasteiger charge is 2.07. The lowest BCUT2D eigenvalue weighted by Crippen LogP contribution is -2.07. The molecule has 2 heterocycles. The van der Waals surface area contributed by atoms with E-state index < -0.39 is 0 Å². The number of rotatable bonds is 7. The van der Waals surface area contributed by atoms with Gasteiger partial charge in [0.05, 0.1) is 18.6 Å². The van der Waals surface area contributed by atoms with E-state index in [1.807, 2.05) is 25.4 Å². The molecule has 0 atom stereocenters. The van der Waals surface area contributed by atoms with E-state index in [0.29, 0.717) is 32.3 Å². The van der Waals surface area contributed by atoms with Crippen LogP contribution in [0.5, 0.6) is 0 Å². The fraction of sp³-hybridized carbons (Fsp3) is 0.500. The minimum Gasteiger partial charge on any atom is -0.379 e. The van der Waals surface area contributed by atoms with Crippen LogP contribution in [-0.2, 0) is 16.1 Å². The van der Waals surface area contributed by atoms with Crippen LogP contribution in [0.15, 0.2) is 11.4 Å². The predicted molar refractivity (Wildman–Crippen MR) is 73.1 cm³/mol. The van der Waals surface area contributed by atoms with Crippen molar-refractivity contribution >= 4 is 27.4 Å². The fourth-order valence-corrected chi connectivity index (χ4v) is 2.36. The van der Waals surface area contributed by atoms with Crippen molar-refractivity contribution in [2.24, 2.45) is 0 Å². The smallest absolute Gasteiger partial charge is 0.158 e. The van der Waals surface area contributed by atoms with Gasteiger partial charge in [0.25, 0.3) is 0 Å². The maximum atomic E-state index is 5.47. The van der Waals surface area contributed by atoms with Gasteiger partial charge in [0, 0.05) is 13.7 Å². The van der Waals surface area contributed by atoms with Gasteiger partial charge >= 0.3 is 0 Å². The predicted octanol–water partition coefficient (Wildman–Crippen LogP) is 2.29. The Labute approximate surface area is 110 Å². The number of thiophene rings is 1. The van der Waals surface area contributed by atoms with Gasteiger partial charge in [0.15, 0.2) is 5.82 Å². The Kier molecular flexibility index (Phi) is 4.86. The van der Waals surface area contributed by atoms with Gasteiger partial charge < -0.3 is 14.8 Å². The highest BCUT2D eigenvalue weighted by atomic mass is 32.1. The fourth-order valence-electron chi connectivity index (χ4n) is 1.58. The molecule has 2 aromatic rings. The summed E-state index contributed by atoms with van der Waals surface area (Å²) in [6.45, 7) is 4.26. The summed E-state index contributed by atoms with van der Waals surface area (Å²) in [4.78, 5) is 9.88. The Morgan fingerprint density at radius 3 is 2.89 bits per heavy atom. The van der Waals surface area contributed by atoms with Crippen LogP contribution in [0.4, 0.5) is 5.82 Å². The van der Waals surface area contributed by atoms with Gasteiger partial charge in [-0.05, 0) is 18.4 Å². The number of hydrogen-bond donors (Lipinski definition) is 1. The molecule has 18 heavy (non-hydrogen) atoms. The molecular formula is C12H17N3O2S. The molecule has 0 aliphatic carbocycles. The van der Waals surface area contributed by atoms with Crippen LogP contribution in [0.1, 0.15) is 12.7 Å². The summed E-state index contributed by atoms with van der Waals surface area (Å²) < 4.78 is 10.7. The summed E-state index contributed by atoms with van der Waals surface area (Å²) in [6.07, 6.45) is 0. The van der Waals surface area contributed by atoms with E-state index in [-0.39, 0.29) is 0 Å². The molecule has 2 rings (SSSR count). The average molecular weight is 267 g/mol. The molecule has 98 valence electrons. The molecule has 6 heteroatoms. The normalized spacial score (nSPS) is 11.0. The van der Waals surface area contributed by atoms with Gasteiger partial charge in [-0.3, -0.25) is 0 Å². The molecule has 0 saturated heterocycles. The Bertz CT molecular complexity index is 501. The summed E-state index contributed by atoms with van der Waals surface area (Å²) in [5, 5.41) is 6.15. The first-order valence-corrected chi connectivity index (χ1v) is 6.80. The Morgan fingerprint density at radius 2 is 2.11 bits per heavy atom. The van der Waals surface area contributed by atoms with Crippen molar-refractivity contribution in [1.82, 2.24) is 9.97 Å². The maximum Gasteiger partial charge on any atom is 0.158 e. The van der Waals surface area contributed by atoms with Crippen molar-refractivity contribution in [2.75, 3.05) is 32.2 Å². The molecule has 0 unspecified atom stereocenters. The zero-order valence-electron chi connectivity index (χ0n) is 10.6. The number of nitrogens with zero attached hydrogens (tertiary/aromatic N) is 2. The third-order valence-electron chi connectivity index (χ3n) is 2.42. The first kappa shape index (κ1) is 13.2. The van der Waals surface area contributed by atoms with Crippen molar-refractivity contribution in [3.8, 4) is 0 Å². The van der Waals surface area contributed by atoms with Gasteiger partial charge in [-0.25, -0.2) is 9.97 Å². The van der Waals surface area contributed by atoms with Crippen LogP contribution in [0, 0.1) is 0 Å². The van der Waals surface area contributed by atoms with Crippen molar-refractivity contribution in [3.05, 3.63) is 17.3 Å². The molecule has 0 amide bonds. The molecule has 2 aromatic heterocycles. The van der Waals surface area contributed by atoms with Crippen LogP contribution in [0.25, 0.3) is 10.2 Å². The second kappa shape index (κ2) is 6.63. The molecule has 5 nitrogen and oxygen atoms in total. The van der Waals surface area contributed by atoms with Gasteiger partial charge in [-0.15, -0.1) is 11.3 Å². The summed E-state index contributed by atoms with van der Waals surface area (Å²) in [5.74, 6) is 1.55. The summed E-state index contributed by atoms with van der Waals surface area (Å²) in [5.41, 5.74) is 0. The quantitative estimate of drug-likeness (QED) is 0.780. The van der Waals surface area contributed by atoms with E-state index in [2.05, 4.69) is 15.3 Å². The van der Waals surface area contributed by atoms with Crippen LogP contribution in [0.3, 0.4) is 0 Å². The molecule has 0 aliphatic heterocycles. The lowest BCUT2D eigenvalue weighted by Gasteiger charge is -2.06. The number of ether oxygens (including phenoxy) is 2. The van der Waals surface area contributed by atoms with Crippen LogP contribution >= 0.6 is 11.3 Å². The summed E-state index contributed by atoms with van der Waals surface area (Å²) >= 11 is 1.61. The minimum absolute atomic E-state index is 0.412. The largest absolute Gasteiger partial charge is 0.379 e. The first-order chi connectivity index (χ1) is 8.85. The first-order valence-electron chi connectivity index (χ1n) is 5.92. The van der Waals surface area contributed by atoms with Gasteiger partial charge in [0.2, 0.25) is 0 Å². The number of anilines is 1. The minimum atomic E-state index is 0.412. The molecule has 0 saturated carbocycles. The number of nitrogens with one attached hydrogen (secondary N) is 1. The summed E-state index contributed by atoms with van der Waals surface area (Å²) in [7, 11) is 1.86. The van der Waals surface area contributed by atoms with E-state index in [1.165, 1.54) is 0 Å². The Morgan fingerprint density at radius 1 is 1.28 bits per heavy atom. The van der Waals surface area contributed by atoms with Crippen molar-refractivity contribution in [1.29, 1.82) is 0 Å². The van der Waals surface area contributed by atoms with Crippen LogP contribution in [-0.4, -0.2) is 36.8 Å². The van der Waals surface area contributed by atoms with E-state index in [0.717, 1.165) is 16.0 Å². The molecule has 0 aliphatic rings. The SMILES string of the molecule is CCOCCOCc1nc(NC)c2ccsc2n1. The second-order valence-electron chi connectivity index (χ2n) is 3.63. The highest BCUT2D eigenvalue weighted by Crippen LogP contribution is 2.24. The number of fused-ring (bicyclic) bond motifs is 1. The lowest BCUT2D eigenvalue weighted by molar-refractivity contribution is 0.0430. The van der Waals surface area contributed by atoms with Crippen LogP contribution < -0.4 is 5.32 Å². The van der Waals surface area contributed by atoms with E-state index >= 15 is 0 Å². The van der Waals surface area contributed by atoms with Crippen LogP contribution in [0.2, 0.25) is 0 Å². The van der Waals surface area contributed by atoms with Gasteiger partial charge in [-0.1, -0.05) is 0 Å².